The summed E-state index contributed by atoms with van der Waals surface area (Å²) < 4.78 is 9.82. The van der Waals surface area contributed by atoms with Crippen molar-refractivity contribution >= 4 is 35.7 Å². The molecule has 2 saturated heterocycles. The van der Waals surface area contributed by atoms with Crippen molar-refractivity contribution in [2.24, 2.45) is 11.8 Å². The molecule has 2 fully saturated rings. The van der Waals surface area contributed by atoms with Crippen molar-refractivity contribution in [1.82, 2.24) is 0 Å². The van der Waals surface area contributed by atoms with Crippen LogP contribution in [-0.2, 0) is 35.1 Å². The number of rotatable bonds is 7. The predicted molar refractivity (Wildman–Crippen MR) is 165 cm³/mol. The van der Waals surface area contributed by atoms with Crippen LogP contribution >= 0.6 is 0 Å². The molecule has 4 aromatic carbocycles. The number of ketones is 1. The molecule has 4 unspecified atom stereocenters. The molecule has 3 aliphatic rings. The van der Waals surface area contributed by atoms with E-state index in [1.807, 2.05) is 66.7 Å². The normalized spacial score (nSPS) is 22.2. The standard InChI is InChI=1S/C38H28O7/c39-33(27-4-2-1-3-5-27)17-11-22-6-12-25(13-7-22)26-14-8-23(9-15-26)18-24-10-16-28-29(31-21-34(40)44-36(31)41)20-32-35(30(28)19-24)38(43)45-37(32)42/h1-17,19,29,31-32,35H,18,20-21H2/b17-11+. The number of ether oxygens (including phenoxy) is 2. The number of hydrogen-bond acceptors (Lipinski definition) is 7. The Bertz CT molecular complexity index is 1870. The monoisotopic (exact) mass is 596 g/mol. The van der Waals surface area contributed by atoms with E-state index in [-0.39, 0.29) is 18.6 Å². The Morgan fingerprint density at radius 1 is 0.667 bits per heavy atom. The fourth-order valence-electron chi connectivity index (χ4n) is 6.74. The molecule has 4 atom stereocenters. The van der Waals surface area contributed by atoms with Gasteiger partial charge in [0.15, 0.2) is 5.78 Å². The molecule has 7 heteroatoms. The number of esters is 4. The van der Waals surface area contributed by atoms with Gasteiger partial charge in [-0.25, -0.2) is 0 Å². The Balaban J connectivity index is 1.08. The number of fused-ring (bicyclic) bond motifs is 3. The van der Waals surface area contributed by atoms with Crippen LogP contribution in [0, 0.1) is 11.8 Å². The Labute approximate surface area is 259 Å². The fraction of sp³-hybridized carbons (Fsp3) is 0.184. The van der Waals surface area contributed by atoms with E-state index in [9.17, 15) is 24.0 Å². The zero-order chi connectivity index (χ0) is 31.1. The van der Waals surface area contributed by atoms with Gasteiger partial charge in [0.25, 0.3) is 0 Å². The maximum Gasteiger partial charge on any atom is 0.321 e. The fourth-order valence-corrected chi connectivity index (χ4v) is 6.74. The van der Waals surface area contributed by atoms with Gasteiger partial charge in [-0.1, -0.05) is 103 Å². The summed E-state index contributed by atoms with van der Waals surface area (Å²) in [6.45, 7) is 0. The molecular formula is C38H28O7. The molecule has 0 N–H and O–H groups in total. The summed E-state index contributed by atoms with van der Waals surface area (Å²) in [5, 5.41) is 0. The third kappa shape index (κ3) is 5.53. The summed E-state index contributed by atoms with van der Waals surface area (Å²) in [4.78, 5) is 61.9. The van der Waals surface area contributed by atoms with Crippen LogP contribution in [0.3, 0.4) is 0 Å². The van der Waals surface area contributed by atoms with E-state index in [2.05, 4.69) is 24.3 Å². The number of hydrogen-bond donors (Lipinski definition) is 0. The van der Waals surface area contributed by atoms with Gasteiger partial charge in [-0.2, -0.15) is 0 Å². The molecule has 0 bridgehead atoms. The topological polar surface area (TPSA) is 104 Å². The highest BCUT2D eigenvalue weighted by Crippen LogP contribution is 2.51. The Hall–Kier alpha value is -5.43. The summed E-state index contributed by atoms with van der Waals surface area (Å²) in [6, 6.07) is 31.2. The number of cyclic esters (lactones) is 4. The molecule has 4 aromatic rings. The molecule has 0 saturated carbocycles. The van der Waals surface area contributed by atoms with Crippen molar-refractivity contribution < 1.29 is 33.4 Å². The van der Waals surface area contributed by atoms with Gasteiger partial charge in [0, 0.05) is 5.56 Å². The lowest BCUT2D eigenvalue weighted by Gasteiger charge is -2.33. The van der Waals surface area contributed by atoms with Crippen LogP contribution in [0.5, 0.6) is 0 Å². The first-order valence-corrected chi connectivity index (χ1v) is 14.9. The minimum Gasteiger partial charge on any atom is -0.393 e. The Kier molecular flexibility index (Phi) is 7.29. The smallest absolute Gasteiger partial charge is 0.321 e. The summed E-state index contributed by atoms with van der Waals surface area (Å²) in [7, 11) is 0. The lowest BCUT2D eigenvalue weighted by Crippen LogP contribution is -2.31. The van der Waals surface area contributed by atoms with Crippen molar-refractivity contribution in [3.05, 3.63) is 137 Å². The molecule has 222 valence electrons. The van der Waals surface area contributed by atoms with Gasteiger partial charge in [0.2, 0.25) is 0 Å². The van der Waals surface area contributed by atoms with Crippen LogP contribution in [0.25, 0.3) is 17.2 Å². The first-order chi connectivity index (χ1) is 21.8. The molecule has 2 heterocycles. The van der Waals surface area contributed by atoms with Crippen molar-refractivity contribution in [1.29, 1.82) is 0 Å². The summed E-state index contributed by atoms with van der Waals surface area (Å²) in [5.41, 5.74) is 7.19. The number of allylic oxidation sites excluding steroid dienone is 1. The van der Waals surface area contributed by atoms with E-state index in [1.54, 1.807) is 18.2 Å². The minimum atomic E-state index is -0.714. The first kappa shape index (κ1) is 28.3. The second-order valence-electron chi connectivity index (χ2n) is 11.8. The van der Waals surface area contributed by atoms with Crippen LogP contribution in [-0.4, -0.2) is 29.7 Å². The summed E-state index contributed by atoms with van der Waals surface area (Å²) in [5.74, 6) is -4.82. The van der Waals surface area contributed by atoms with E-state index in [0.29, 0.717) is 17.5 Å². The van der Waals surface area contributed by atoms with Gasteiger partial charge in [0.05, 0.1) is 24.2 Å². The maximum absolute atomic E-state index is 12.7. The molecule has 45 heavy (non-hydrogen) atoms. The average molecular weight is 597 g/mol. The number of carbonyl (C=O) groups excluding carboxylic acids is 5. The van der Waals surface area contributed by atoms with Crippen LogP contribution in [0.15, 0.2) is 103 Å². The molecule has 7 rings (SSSR count). The molecule has 1 aliphatic carbocycles. The second kappa shape index (κ2) is 11.6. The number of benzene rings is 4. The maximum atomic E-state index is 12.7. The van der Waals surface area contributed by atoms with E-state index >= 15 is 0 Å². The largest absolute Gasteiger partial charge is 0.393 e. The van der Waals surface area contributed by atoms with Crippen molar-refractivity contribution in [2.75, 3.05) is 0 Å². The van der Waals surface area contributed by atoms with Crippen LogP contribution < -0.4 is 0 Å². The van der Waals surface area contributed by atoms with Crippen LogP contribution in [0.4, 0.5) is 0 Å². The van der Waals surface area contributed by atoms with Gasteiger partial charge < -0.3 is 9.47 Å². The van der Waals surface area contributed by atoms with Crippen molar-refractivity contribution in [2.45, 2.75) is 31.1 Å². The molecule has 0 aromatic heterocycles. The van der Waals surface area contributed by atoms with Gasteiger partial charge in [-0.15, -0.1) is 0 Å². The number of carbonyl (C=O) groups is 5. The Morgan fingerprint density at radius 3 is 2.02 bits per heavy atom. The zero-order valence-electron chi connectivity index (χ0n) is 24.2. The summed E-state index contributed by atoms with van der Waals surface area (Å²) in [6.07, 6.45) is 4.22. The third-order valence-electron chi connectivity index (χ3n) is 9.03. The van der Waals surface area contributed by atoms with Crippen molar-refractivity contribution in [3.63, 3.8) is 0 Å². The molecule has 0 radical (unpaired) electrons. The van der Waals surface area contributed by atoms with E-state index in [4.69, 9.17) is 9.47 Å². The molecule has 7 nitrogen and oxygen atoms in total. The lowest BCUT2D eigenvalue weighted by molar-refractivity contribution is -0.155. The van der Waals surface area contributed by atoms with Gasteiger partial charge in [0.1, 0.15) is 0 Å². The highest BCUT2D eigenvalue weighted by atomic mass is 16.6. The minimum absolute atomic E-state index is 0.0369. The molecule has 0 spiro atoms. The van der Waals surface area contributed by atoms with Gasteiger partial charge >= 0.3 is 23.9 Å². The first-order valence-electron chi connectivity index (χ1n) is 14.9. The van der Waals surface area contributed by atoms with E-state index in [1.165, 1.54) is 0 Å². The highest BCUT2D eigenvalue weighted by molar-refractivity contribution is 6.06. The molecule has 0 amide bonds. The van der Waals surface area contributed by atoms with Crippen molar-refractivity contribution in [3.8, 4) is 11.1 Å². The average Bonchev–Trinajstić information content (AvgIpc) is 3.55. The predicted octanol–water partition coefficient (Wildman–Crippen LogP) is 6.20. The van der Waals surface area contributed by atoms with E-state index < -0.39 is 47.5 Å². The zero-order valence-corrected chi connectivity index (χ0v) is 24.2. The Morgan fingerprint density at radius 2 is 1.33 bits per heavy atom. The lowest BCUT2D eigenvalue weighted by atomic mass is 9.66. The molecule has 2 aliphatic heterocycles. The third-order valence-corrected chi connectivity index (χ3v) is 9.03. The second-order valence-corrected chi connectivity index (χ2v) is 11.8. The SMILES string of the molecule is O=C1CC(C2CC3C(=O)OC(=O)C3c3cc(Cc4ccc(-c5ccc(/C=C/C(=O)c6ccccc6)cc5)cc4)ccc32)C(=O)O1. The highest BCUT2D eigenvalue weighted by Gasteiger charge is 2.53. The van der Waals surface area contributed by atoms with Gasteiger partial charge in [-0.05, 0) is 63.8 Å². The van der Waals surface area contributed by atoms with Crippen LogP contribution in [0.2, 0.25) is 0 Å². The summed E-state index contributed by atoms with van der Waals surface area (Å²) >= 11 is 0. The van der Waals surface area contributed by atoms with Crippen LogP contribution in [0.1, 0.15) is 62.9 Å². The quantitative estimate of drug-likeness (QED) is 0.108. The molecular weight excluding hydrogens is 568 g/mol. The van der Waals surface area contributed by atoms with Gasteiger partial charge in [-0.3, -0.25) is 24.0 Å². The van der Waals surface area contributed by atoms with E-state index in [0.717, 1.165) is 33.4 Å².